The van der Waals surface area contributed by atoms with Gasteiger partial charge in [-0.05, 0) is 32.0 Å². The average Bonchev–Trinajstić information content (AvgIpc) is 2.58. The van der Waals surface area contributed by atoms with E-state index in [2.05, 4.69) is 10.5 Å². The molecule has 2 rings (SSSR count). The first-order valence-electron chi connectivity index (χ1n) is 5.07. The van der Waals surface area contributed by atoms with Gasteiger partial charge in [0.2, 0.25) is 0 Å². The van der Waals surface area contributed by atoms with Gasteiger partial charge in [-0.25, -0.2) is 4.39 Å². The van der Waals surface area contributed by atoms with Crippen LogP contribution in [0.2, 0.25) is 0 Å². The Bertz CT molecular complexity index is 544. The zero-order valence-corrected chi connectivity index (χ0v) is 9.45. The summed E-state index contributed by atoms with van der Waals surface area (Å²) >= 11 is 0. The number of nitrogens with zero attached hydrogens (tertiary/aromatic N) is 1. The molecule has 0 saturated heterocycles. The number of aryl methyl sites for hydroxylation is 2. The Morgan fingerprint density at radius 3 is 2.76 bits per heavy atom. The molecule has 0 radical (unpaired) electrons. The van der Waals surface area contributed by atoms with Crippen molar-refractivity contribution in [2.45, 2.75) is 13.8 Å². The highest BCUT2D eigenvalue weighted by Crippen LogP contribution is 2.16. The van der Waals surface area contributed by atoms with Gasteiger partial charge in [0.25, 0.3) is 5.91 Å². The predicted octanol–water partition coefficient (Wildman–Crippen LogP) is 2.68. The van der Waals surface area contributed by atoms with E-state index < -0.39 is 5.82 Å². The Labute approximate surface area is 97.4 Å². The smallest absolute Gasteiger partial charge is 0.261 e. The summed E-state index contributed by atoms with van der Waals surface area (Å²) in [6.07, 6.45) is 0. The fraction of sp³-hybridized carbons (Fsp3) is 0.167. The van der Waals surface area contributed by atoms with Crippen LogP contribution in [0.5, 0.6) is 0 Å². The van der Waals surface area contributed by atoms with Crippen LogP contribution >= 0.6 is 0 Å². The van der Waals surface area contributed by atoms with Crippen LogP contribution in [0, 0.1) is 19.7 Å². The standard InChI is InChI=1S/C12H11FN2O2/c1-7-11(8(2)17-15-7)12(16)14-10-5-3-4-9(13)6-10/h3-6H,1-2H3,(H,14,16). The number of amides is 1. The van der Waals surface area contributed by atoms with Gasteiger partial charge in [0.1, 0.15) is 17.1 Å². The number of hydrogen-bond acceptors (Lipinski definition) is 3. The molecule has 1 aromatic heterocycles. The third-order valence-electron chi connectivity index (χ3n) is 2.34. The third-order valence-corrected chi connectivity index (χ3v) is 2.34. The van der Waals surface area contributed by atoms with Crippen LogP contribution in [-0.4, -0.2) is 11.1 Å². The summed E-state index contributed by atoms with van der Waals surface area (Å²) in [6.45, 7) is 3.33. The summed E-state index contributed by atoms with van der Waals surface area (Å²) in [6, 6.07) is 5.69. The second-order valence-electron chi connectivity index (χ2n) is 3.66. The highest BCUT2D eigenvalue weighted by atomic mass is 19.1. The van der Waals surface area contributed by atoms with Gasteiger partial charge >= 0.3 is 0 Å². The van der Waals surface area contributed by atoms with E-state index in [4.69, 9.17) is 4.52 Å². The fourth-order valence-corrected chi connectivity index (χ4v) is 1.57. The Morgan fingerprint density at radius 2 is 2.18 bits per heavy atom. The Hall–Kier alpha value is -2.17. The molecule has 1 N–H and O–H groups in total. The second-order valence-corrected chi connectivity index (χ2v) is 3.66. The molecule has 0 spiro atoms. The summed E-state index contributed by atoms with van der Waals surface area (Å²) in [5.74, 6) is -0.315. The number of hydrogen-bond donors (Lipinski definition) is 1. The second kappa shape index (κ2) is 4.37. The quantitative estimate of drug-likeness (QED) is 0.869. The lowest BCUT2D eigenvalue weighted by atomic mass is 10.2. The normalized spacial score (nSPS) is 10.3. The minimum absolute atomic E-state index is 0.355. The van der Waals surface area contributed by atoms with E-state index in [9.17, 15) is 9.18 Å². The molecule has 0 bridgehead atoms. The molecule has 17 heavy (non-hydrogen) atoms. The van der Waals surface area contributed by atoms with Crippen LogP contribution in [-0.2, 0) is 0 Å². The van der Waals surface area contributed by atoms with Crippen molar-refractivity contribution in [3.63, 3.8) is 0 Å². The molecular formula is C12H11FN2O2. The van der Waals surface area contributed by atoms with Crippen molar-refractivity contribution in [2.24, 2.45) is 0 Å². The zero-order valence-electron chi connectivity index (χ0n) is 9.45. The Kier molecular flexibility index (Phi) is 2.91. The van der Waals surface area contributed by atoms with Crippen LogP contribution < -0.4 is 5.32 Å². The predicted molar refractivity (Wildman–Crippen MR) is 60.3 cm³/mol. The average molecular weight is 234 g/mol. The molecule has 4 nitrogen and oxygen atoms in total. The Balaban J connectivity index is 2.23. The Morgan fingerprint density at radius 1 is 1.41 bits per heavy atom. The number of carbonyl (C=O) groups is 1. The molecule has 1 aromatic carbocycles. The maximum absolute atomic E-state index is 12.9. The number of carbonyl (C=O) groups excluding carboxylic acids is 1. The maximum atomic E-state index is 12.9. The van der Waals surface area contributed by atoms with Crippen molar-refractivity contribution >= 4 is 11.6 Å². The van der Waals surface area contributed by atoms with Crippen LogP contribution in [0.1, 0.15) is 21.8 Å². The monoisotopic (exact) mass is 234 g/mol. The van der Waals surface area contributed by atoms with Gasteiger partial charge in [-0.15, -0.1) is 0 Å². The maximum Gasteiger partial charge on any atom is 0.261 e. The lowest BCUT2D eigenvalue weighted by molar-refractivity contribution is 0.102. The minimum atomic E-state index is -0.401. The highest BCUT2D eigenvalue weighted by molar-refractivity contribution is 6.05. The van der Waals surface area contributed by atoms with E-state index in [0.29, 0.717) is 22.7 Å². The first-order chi connectivity index (χ1) is 8.08. The number of anilines is 1. The summed E-state index contributed by atoms with van der Waals surface area (Å²) < 4.78 is 17.8. The molecular weight excluding hydrogens is 223 g/mol. The summed E-state index contributed by atoms with van der Waals surface area (Å²) in [5, 5.41) is 6.27. The molecule has 1 heterocycles. The molecule has 0 fully saturated rings. The lowest BCUT2D eigenvalue weighted by Crippen LogP contribution is -2.13. The van der Waals surface area contributed by atoms with E-state index in [0.717, 1.165) is 0 Å². The van der Waals surface area contributed by atoms with Crippen molar-refractivity contribution in [3.05, 3.63) is 47.1 Å². The number of aromatic nitrogens is 1. The molecule has 0 aliphatic heterocycles. The third kappa shape index (κ3) is 2.33. The molecule has 2 aromatic rings. The van der Waals surface area contributed by atoms with Gasteiger partial charge in [0.05, 0.1) is 5.69 Å². The van der Waals surface area contributed by atoms with Crippen LogP contribution in [0.4, 0.5) is 10.1 Å². The minimum Gasteiger partial charge on any atom is -0.361 e. The first kappa shape index (κ1) is 11.3. The van der Waals surface area contributed by atoms with E-state index in [1.807, 2.05) is 0 Å². The van der Waals surface area contributed by atoms with E-state index >= 15 is 0 Å². The van der Waals surface area contributed by atoms with Gasteiger partial charge in [-0.3, -0.25) is 4.79 Å². The van der Waals surface area contributed by atoms with E-state index in [-0.39, 0.29) is 5.91 Å². The molecule has 88 valence electrons. The van der Waals surface area contributed by atoms with Crippen molar-refractivity contribution in [1.29, 1.82) is 0 Å². The summed E-state index contributed by atoms with van der Waals surface area (Å²) in [4.78, 5) is 11.9. The fourth-order valence-electron chi connectivity index (χ4n) is 1.57. The number of halogens is 1. The van der Waals surface area contributed by atoms with E-state index in [1.165, 1.54) is 18.2 Å². The molecule has 1 amide bonds. The summed E-state index contributed by atoms with van der Waals surface area (Å²) in [5.41, 5.74) is 1.29. The number of nitrogens with one attached hydrogen (secondary N) is 1. The lowest BCUT2D eigenvalue weighted by Gasteiger charge is -2.04. The topological polar surface area (TPSA) is 55.1 Å². The van der Waals surface area contributed by atoms with Crippen molar-refractivity contribution in [1.82, 2.24) is 5.16 Å². The molecule has 5 heteroatoms. The molecule has 0 saturated carbocycles. The molecule has 0 atom stereocenters. The zero-order chi connectivity index (χ0) is 12.4. The van der Waals surface area contributed by atoms with Crippen molar-refractivity contribution in [2.75, 3.05) is 5.32 Å². The van der Waals surface area contributed by atoms with Crippen LogP contribution in [0.25, 0.3) is 0 Å². The van der Waals surface area contributed by atoms with Crippen molar-refractivity contribution in [3.8, 4) is 0 Å². The first-order valence-corrected chi connectivity index (χ1v) is 5.07. The van der Waals surface area contributed by atoms with Gasteiger partial charge in [0, 0.05) is 5.69 Å². The molecule has 0 aliphatic rings. The van der Waals surface area contributed by atoms with Crippen LogP contribution in [0.3, 0.4) is 0 Å². The van der Waals surface area contributed by atoms with Crippen LogP contribution in [0.15, 0.2) is 28.8 Å². The SMILES string of the molecule is Cc1noc(C)c1C(=O)Nc1cccc(F)c1. The number of rotatable bonds is 2. The van der Waals surface area contributed by atoms with E-state index in [1.54, 1.807) is 19.9 Å². The molecule has 0 unspecified atom stereocenters. The highest BCUT2D eigenvalue weighted by Gasteiger charge is 2.17. The van der Waals surface area contributed by atoms with Crippen molar-refractivity contribution < 1.29 is 13.7 Å². The van der Waals surface area contributed by atoms with Gasteiger partial charge in [0.15, 0.2) is 0 Å². The number of benzene rings is 1. The largest absolute Gasteiger partial charge is 0.361 e. The summed E-state index contributed by atoms with van der Waals surface area (Å²) in [7, 11) is 0. The van der Waals surface area contributed by atoms with Gasteiger partial charge in [-0.1, -0.05) is 11.2 Å². The van der Waals surface area contributed by atoms with Gasteiger partial charge < -0.3 is 9.84 Å². The van der Waals surface area contributed by atoms with Gasteiger partial charge in [-0.2, -0.15) is 0 Å². The molecule has 0 aliphatic carbocycles.